The average molecular weight is 271 g/mol. The van der Waals surface area contributed by atoms with E-state index in [0.29, 0.717) is 5.39 Å². The Labute approximate surface area is 115 Å². The van der Waals surface area contributed by atoms with Crippen molar-refractivity contribution < 1.29 is 4.39 Å². The van der Waals surface area contributed by atoms with Crippen molar-refractivity contribution in [1.29, 1.82) is 0 Å². The summed E-state index contributed by atoms with van der Waals surface area (Å²) in [6.07, 6.45) is 0. The molecule has 2 N–H and O–H groups in total. The van der Waals surface area contributed by atoms with Crippen molar-refractivity contribution in [1.82, 2.24) is 0 Å². The van der Waals surface area contributed by atoms with E-state index in [4.69, 9.17) is 5.73 Å². The molecule has 1 nitrogen and oxygen atoms in total. The van der Waals surface area contributed by atoms with Gasteiger partial charge in [-0.05, 0) is 36.1 Å². The van der Waals surface area contributed by atoms with Crippen LogP contribution in [0.2, 0.25) is 0 Å². The lowest BCUT2D eigenvalue weighted by atomic mass is 9.98. The number of fused-ring (bicyclic) bond motifs is 1. The van der Waals surface area contributed by atoms with Crippen LogP contribution in [0.25, 0.3) is 10.8 Å². The summed E-state index contributed by atoms with van der Waals surface area (Å²) in [6.45, 7) is 2.06. The van der Waals surface area contributed by atoms with Crippen molar-refractivity contribution in [3.63, 3.8) is 0 Å². The number of halogens is 1. The average Bonchev–Trinajstić information content (AvgIpc) is 2.86. The molecule has 1 heterocycles. The largest absolute Gasteiger partial charge is 0.320 e. The molecule has 1 unspecified atom stereocenters. The first-order valence-electron chi connectivity index (χ1n) is 6.16. The highest BCUT2D eigenvalue weighted by Gasteiger charge is 2.15. The summed E-state index contributed by atoms with van der Waals surface area (Å²) >= 11 is 1.68. The molecule has 3 aromatic rings. The minimum atomic E-state index is -0.204. The van der Waals surface area contributed by atoms with Gasteiger partial charge in [0.1, 0.15) is 5.82 Å². The zero-order valence-electron chi connectivity index (χ0n) is 10.6. The number of benzene rings is 2. The Kier molecular flexibility index (Phi) is 3.09. The Morgan fingerprint density at radius 1 is 1.00 bits per heavy atom. The standard InChI is InChI=1S/C16H14FNS/c1-10-6-9-15(19-10)16(18)13-7-8-14(17)12-5-3-2-4-11(12)13/h2-9,16H,18H2,1H3. The molecular weight excluding hydrogens is 257 g/mol. The third-order valence-corrected chi connectivity index (χ3v) is 4.39. The van der Waals surface area contributed by atoms with E-state index in [1.165, 1.54) is 10.9 Å². The fourth-order valence-corrected chi connectivity index (χ4v) is 3.23. The van der Waals surface area contributed by atoms with Crippen molar-refractivity contribution in [2.75, 3.05) is 0 Å². The smallest absolute Gasteiger partial charge is 0.131 e. The maximum Gasteiger partial charge on any atom is 0.131 e. The van der Waals surface area contributed by atoms with E-state index in [1.807, 2.05) is 24.3 Å². The molecule has 0 aliphatic carbocycles. The van der Waals surface area contributed by atoms with Crippen molar-refractivity contribution >= 4 is 22.1 Å². The van der Waals surface area contributed by atoms with E-state index in [0.717, 1.165) is 15.8 Å². The summed E-state index contributed by atoms with van der Waals surface area (Å²) in [5, 5.41) is 1.52. The maximum atomic E-state index is 13.8. The maximum absolute atomic E-state index is 13.8. The Morgan fingerprint density at radius 3 is 2.42 bits per heavy atom. The highest BCUT2D eigenvalue weighted by Crippen LogP contribution is 2.31. The number of thiophene rings is 1. The van der Waals surface area contributed by atoms with Gasteiger partial charge in [0.15, 0.2) is 0 Å². The van der Waals surface area contributed by atoms with Gasteiger partial charge >= 0.3 is 0 Å². The summed E-state index contributed by atoms with van der Waals surface area (Å²) in [6, 6.07) is 14.7. The van der Waals surface area contributed by atoms with Gasteiger partial charge in [0.2, 0.25) is 0 Å². The number of rotatable bonds is 2. The second-order valence-corrected chi connectivity index (χ2v) is 5.93. The molecule has 3 heteroatoms. The van der Waals surface area contributed by atoms with E-state index in [1.54, 1.807) is 23.5 Å². The first-order chi connectivity index (χ1) is 9.16. The first kappa shape index (κ1) is 12.3. The van der Waals surface area contributed by atoms with Crippen LogP contribution in [0.1, 0.15) is 21.4 Å². The molecule has 2 aromatic carbocycles. The number of hydrogen-bond donors (Lipinski definition) is 1. The van der Waals surface area contributed by atoms with Gasteiger partial charge in [-0.1, -0.05) is 30.3 Å². The number of nitrogens with two attached hydrogens (primary N) is 1. The van der Waals surface area contributed by atoms with Gasteiger partial charge < -0.3 is 5.73 Å². The van der Waals surface area contributed by atoms with Crippen molar-refractivity contribution in [3.8, 4) is 0 Å². The summed E-state index contributed by atoms with van der Waals surface area (Å²) in [5.74, 6) is -0.200. The minimum absolute atomic E-state index is 0.200. The topological polar surface area (TPSA) is 26.0 Å². The number of aryl methyl sites for hydroxylation is 1. The van der Waals surface area contributed by atoms with Crippen LogP contribution in [0.3, 0.4) is 0 Å². The fraction of sp³-hybridized carbons (Fsp3) is 0.125. The minimum Gasteiger partial charge on any atom is -0.320 e. The summed E-state index contributed by atoms with van der Waals surface area (Å²) in [5.41, 5.74) is 7.30. The Morgan fingerprint density at radius 2 is 1.74 bits per heavy atom. The van der Waals surface area contributed by atoms with Crippen LogP contribution in [-0.2, 0) is 0 Å². The number of hydrogen-bond acceptors (Lipinski definition) is 2. The van der Waals surface area contributed by atoms with Crippen molar-refractivity contribution in [2.45, 2.75) is 13.0 Å². The second-order valence-electron chi connectivity index (χ2n) is 4.61. The zero-order valence-corrected chi connectivity index (χ0v) is 11.4. The summed E-state index contributed by atoms with van der Waals surface area (Å²) in [7, 11) is 0. The van der Waals surface area contributed by atoms with Gasteiger partial charge in [-0.25, -0.2) is 4.39 Å². The summed E-state index contributed by atoms with van der Waals surface area (Å²) in [4.78, 5) is 2.34. The molecule has 0 saturated carbocycles. The molecule has 0 spiro atoms. The van der Waals surface area contributed by atoms with Crippen LogP contribution in [0.15, 0.2) is 48.5 Å². The fourth-order valence-electron chi connectivity index (χ4n) is 2.33. The Balaban J connectivity index is 2.18. The van der Waals surface area contributed by atoms with Gasteiger partial charge in [0.05, 0.1) is 6.04 Å². The van der Waals surface area contributed by atoms with Gasteiger partial charge in [-0.15, -0.1) is 11.3 Å². The van der Waals surface area contributed by atoms with Crippen LogP contribution < -0.4 is 5.73 Å². The van der Waals surface area contributed by atoms with E-state index in [9.17, 15) is 4.39 Å². The molecule has 0 radical (unpaired) electrons. The predicted molar refractivity (Wildman–Crippen MR) is 79.0 cm³/mol. The first-order valence-corrected chi connectivity index (χ1v) is 6.97. The third kappa shape index (κ3) is 2.15. The highest BCUT2D eigenvalue weighted by atomic mass is 32.1. The molecule has 3 rings (SSSR count). The lowest BCUT2D eigenvalue weighted by Gasteiger charge is -2.13. The van der Waals surface area contributed by atoms with E-state index < -0.39 is 0 Å². The van der Waals surface area contributed by atoms with Crippen molar-refractivity contribution in [2.24, 2.45) is 5.73 Å². The van der Waals surface area contributed by atoms with Gasteiger partial charge in [0.25, 0.3) is 0 Å². The summed E-state index contributed by atoms with van der Waals surface area (Å²) < 4.78 is 13.8. The van der Waals surface area contributed by atoms with Crippen LogP contribution >= 0.6 is 11.3 Å². The molecular formula is C16H14FNS. The van der Waals surface area contributed by atoms with Gasteiger partial charge in [0, 0.05) is 15.1 Å². The Hall–Kier alpha value is -1.71. The molecule has 96 valence electrons. The monoisotopic (exact) mass is 271 g/mol. The van der Waals surface area contributed by atoms with Crippen LogP contribution in [0.5, 0.6) is 0 Å². The van der Waals surface area contributed by atoms with Crippen LogP contribution in [-0.4, -0.2) is 0 Å². The van der Waals surface area contributed by atoms with Gasteiger partial charge in [-0.3, -0.25) is 0 Å². The molecule has 1 aromatic heterocycles. The third-order valence-electron chi connectivity index (χ3n) is 3.31. The SMILES string of the molecule is Cc1ccc(C(N)c2ccc(F)c3ccccc23)s1. The van der Waals surface area contributed by atoms with E-state index in [2.05, 4.69) is 13.0 Å². The van der Waals surface area contributed by atoms with Gasteiger partial charge in [-0.2, -0.15) is 0 Å². The molecule has 1 atom stereocenters. The lowest BCUT2D eigenvalue weighted by Crippen LogP contribution is -2.10. The van der Waals surface area contributed by atoms with Crippen LogP contribution in [0.4, 0.5) is 4.39 Å². The van der Waals surface area contributed by atoms with Crippen molar-refractivity contribution in [3.05, 3.63) is 69.7 Å². The Bertz CT molecular complexity index is 732. The molecule has 0 saturated heterocycles. The van der Waals surface area contributed by atoms with E-state index in [-0.39, 0.29) is 11.9 Å². The molecule has 0 aliphatic heterocycles. The van der Waals surface area contributed by atoms with E-state index >= 15 is 0 Å². The molecule has 0 fully saturated rings. The predicted octanol–water partition coefficient (Wildman–Crippen LogP) is 4.40. The lowest BCUT2D eigenvalue weighted by molar-refractivity contribution is 0.639. The molecule has 0 aliphatic rings. The molecule has 0 bridgehead atoms. The normalized spacial score (nSPS) is 12.8. The van der Waals surface area contributed by atoms with Crippen LogP contribution in [0, 0.1) is 12.7 Å². The quantitative estimate of drug-likeness (QED) is 0.734. The molecule has 19 heavy (non-hydrogen) atoms. The molecule has 0 amide bonds. The zero-order chi connectivity index (χ0) is 13.4. The second kappa shape index (κ2) is 4.76. The highest BCUT2D eigenvalue weighted by molar-refractivity contribution is 7.12.